The Morgan fingerprint density at radius 1 is 1.09 bits per heavy atom. The molecule has 4 aromatic rings. The number of para-hydroxylation sites is 1. The zero-order valence-electron chi connectivity index (χ0n) is 12.5. The zero-order valence-corrected chi connectivity index (χ0v) is 12.5. The molecule has 4 rings (SSSR count). The van der Waals surface area contributed by atoms with Gasteiger partial charge in [0, 0.05) is 17.0 Å². The topological polar surface area (TPSA) is 55.1 Å². The van der Waals surface area contributed by atoms with E-state index in [1.54, 1.807) is 6.20 Å². The second-order valence-electron chi connectivity index (χ2n) is 5.60. The van der Waals surface area contributed by atoms with Crippen LogP contribution < -0.4 is 0 Å². The number of carboxylic acids is 1. The van der Waals surface area contributed by atoms with Gasteiger partial charge in [-0.05, 0) is 37.3 Å². The highest BCUT2D eigenvalue weighted by atomic mass is 16.4. The van der Waals surface area contributed by atoms with Crippen LogP contribution in [0.3, 0.4) is 0 Å². The number of carboxylic acid groups (broad SMARTS) is 1. The number of rotatable bonds is 2. The third-order valence-corrected chi connectivity index (χ3v) is 4.02. The first-order valence-corrected chi connectivity index (χ1v) is 7.35. The average Bonchev–Trinajstić information content (AvgIpc) is 2.93. The Bertz CT molecular complexity index is 1060. The minimum atomic E-state index is -0.930. The van der Waals surface area contributed by atoms with Gasteiger partial charge in [0.2, 0.25) is 0 Å². The van der Waals surface area contributed by atoms with Gasteiger partial charge >= 0.3 is 5.97 Å². The minimum absolute atomic E-state index is 0.290. The third kappa shape index (κ3) is 2.16. The Morgan fingerprint density at radius 3 is 2.74 bits per heavy atom. The van der Waals surface area contributed by atoms with Crippen molar-refractivity contribution in [3.8, 4) is 5.82 Å². The highest BCUT2D eigenvalue weighted by Gasteiger charge is 2.15. The number of fused-ring (bicyclic) bond motifs is 2. The summed E-state index contributed by atoms with van der Waals surface area (Å²) in [4.78, 5) is 16.2. The van der Waals surface area contributed by atoms with E-state index < -0.39 is 5.97 Å². The molecular formula is C19H14N2O2. The van der Waals surface area contributed by atoms with E-state index in [4.69, 9.17) is 0 Å². The molecule has 0 spiro atoms. The van der Waals surface area contributed by atoms with Gasteiger partial charge in [-0.15, -0.1) is 0 Å². The Morgan fingerprint density at radius 2 is 1.91 bits per heavy atom. The fourth-order valence-corrected chi connectivity index (χ4v) is 2.89. The molecular weight excluding hydrogens is 288 g/mol. The molecule has 0 unspecified atom stereocenters. The number of benzene rings is 2. The SMILES string of the molecule is Cc1ccc2c(c1)c(C(=O)O)cn2-c1ccc2ccccc2n1. The summed E-state index contributed by atoms with van der Waals surface area (Å²) in [5, 5.41) is 11.3. The fourth-order valence-electron chi connectivity index (χ4n) is 2.89. The monoisotopic (exact) mass is 302 g/mol. The molecule has 0 atom stereocenters. The van der Waals surface area contributed by atoms with E-state index in [0.29, 0.717) is 11.4 Å². The zero-order chi connectivity index (χ0) is 16.0. The van der Waals surface area contributed by atoms with Crippen molar-refractivity contribution in [3.63, 3.8) is 0 Å². The first kappa shape index (κ1) is 13.5. The van der Waals surface area contributed by atoms with Crippen LogP contribution in [0.2, 0.25) is 0 Å². The van der Waals surface area contributed by atoms with E-state index in [9.17, 15) is 9.90 Å². The van der Waals surface area contributed by atoms with Crippen LogP contribution >= 0.6 is 0 Å². The van der Waals surface area contributed by atoms with Crippen LogP contribution in [0.5, 0.6) is 0 Å². The summed E-state index contributed by atoms with van der Waals surface area (Å²) in [6.45, 7) is 1.96. The maximum atomic E-state index is 11.5. The van der Waals surface area contributed by atoms with Crippen LogP contribution in [-0.2, 0) is 0 Å². The van der Waals surface area contributed by atoms with Gasteiger partial charge < -0.3 is 9.67 Å². The molecule has 0 aliphatic carbocycles. The molecule has 0 amide bonds. The molecule has 23 heavy (non-hydrogen) atoms. The predicted octanol–water partition coefficient (Wildman–Crippen LogP) is 4.19. The van der Waals surface area contributed by atoms with E-state index in [-0.39, 0.29) is 0 Å². The van der Waals surface area contributed by atoms with E-state index in [1.165, 1.54) is 0 Å². The highest BCUT2D eigenvalue weighted by molar-refractivity contribution is 6.04. The molecule has 2 aromatic carbocycles. The Kier molecular flexibility index (Phi) is 2.91. The maximum absolute atomic E-state index is 11.5. The molecule has 0 bridgehead atoms. The van der Waals surface area contributed by atoms with Crippen LogP contribution in [0, 0.1) is 6.92 Å². The van der Waals surface area contributed by atoms with Crippen LogP contribution in [0.15, 0.2) is 60.8 Å². The van der Waals surface area contributed by atoms with E-state index in [2.05, 4.69) is 4.98 Å². The second kappa shape index (κ2) is 4.95. The van der Waals surface area contributed by atoms with Crippen molar-refractivity contribution in [1.29, 1.82) is 0 Å². The van der Waals surface area contributed by atoms with E-state index in [0.717, 1.165) is 27.4 Å². The van der Waals surface area contributed by atoms with Gasteiger partial charge in [-0.3, -0.25) is 0 Å². The third-order valence-electron chi connectivity index (χ3n) is 4.02. The summed E-state index contributed by atoms with van der Waals surface area (Å²) in [6, 6.07) is 17.6. The first-order valence-electron chi connectivity index (χ1n) is 7.35. The van der Waals surface area contributed by atoms with Crippen LogP contribution in [-0.4, -0.2) is 20.6 Å². The van der Waals surface area contributed by atoms with Crippen molar-refractivity contribution < 1.29 is 9.90 Å². The van der Waals surface area contributed by atoms with Crippen molar-refractivity contribution in [2.45, 2.75) is 6.92 Å². The van der Waals surface area contributed by atoms with Crippen molar-refractivity contribution in [2.24, 2.45) is 0 Å². The van der Waals surface area contributed by atoms with E-state index >= 15 is 0 Å². The molecule has 0 saturated heterocycles. The number of aromatic carboxylic acids is 1. The smallest absolute Gasteiger partial charge is 0.337 e. The lowest BCUT2D eigenvalue weighted by Crippen LogP contribution is -1.97. The number of pyridine rings is 1. The van der Waals surface area contributed by atoms with Gasteiger partial charge in [0.05, 0.1) is 16.6 Å². The molecule has 0 saturated carbocycles. The number of nitrogens with zero attached hydrogens (tertiary/aromatic N) is 2. The van der Waals surface area contributed by atoms with Crippen molar-refractivity contribution in [1.82, 2.24) is 9.55 Å². The van der Waals surface area contributed by atoms with Gasteiger partial charge in [0.25, 0.3) is 0 Å². The molecule has 2 heterocycles. The standard InChI is InChI=1S/C19H14N2O2/c1-12-6-8-17-14(10-12)15(19(22)23)11-21(17)18-9-7-13-4-2-3-5-16(13)20-18/h2-11H,1H3,(H,22,23). The number of carbonyl (C=O) groups is 1. The minimum Gasteiger partial charge on any atom is -0.478 e. The lowest BCUT2D eigenvalue weighted by Gasteiger charge is -2.06. The largest absolute Gasteiger partial charge is 0.478 e. The summed E-state index contributed by atoms with van der Waals surface area (Å²) in [7, 11) is 0. The molecule has 4 heteroatoms. The Hall–Kier alpha value is -3.14. The van der Waals surface area contributed by atoms with Crippen LogP contribution in [0.1, 0.15) is 15.9 Å². The van der Waals surface area contributed by atoms with Crippen LogP contribution in [0.25, 0.3) is 27.6 Å². The van der Waals surface area contributed by atoms with E-state index in [1.807, 2.05) is 66.1 Å². The van der Waals surface area contributed by atoms with Crippen molar-refractivity contribution in [3.05, 3.63) is 71.9 Å². The highest BCUT2D eigenvalue weighted by Crippen LogP contribution is 2.26. The number of aromatic nitrogens is 2. The molecule has 4 nitrogen and oxygen atoms in total. The van der Waals surface area contributed by atoms with Gasteiger partial charge in [-0.25, -0.2) is 9.78 Å². The molecule has 0 aliphatic rings. The average molecular weight is 302 g/mol. The van der Waals surface area contributed by atoms with Gasteiger partial charge in [-0.1, -0.05) is 29.8 Å². The molecule has 1 N–H and O–H groups in total. The number of hydrogen-bond donors (Lipinski definition) is 1. The molecule has 112 valence electrons. The Balaban J connectivity index is 2.02. The normalized spacial score (nSPS) is 11.2. The number of hydrogen-bond acceptors (Lipinski definition) is 2. The fraction of sp³-hybridized carbons (Fsp3) is 0.0526. The number of aryl methyl sites for hydroxylation is 1. The molecule has 0 fully saturated rings. The Labute approximate surface area is 132 Å². The van der Waals surface area contributed by atoms with Gasteiger partial charge in [0.15, 0.2) is 0 Å². The van der Waals surface area contributed by atoms with Crippen molar-refractivity contribution in [2.75, 3.05) is 0 Å². The summed E-state index contributed by atoms with van der Waals surface area (Å²) in [5.74, 6) is -0.217. The summed E-state index contributed by atoms with van der Waals surface area (Å²) < 4.78 is 1.84. The summed E-state index contributed by atoms with van der Waals surface area (Å²) >= 11 is 0. The van der Waals surface area contributed by atoms with Crippen LogP contribution in [0.4, 0.5) is 0 Å². The van der Waals surface area contributed by atoms with Gasteiger partial charge in [0.1, 0.15) is 5.82 Å². The summed E-state index contributed by atoms with van der Waals surface area (Å²) in [5.41, 5.74) is 3.05. The quantitative estimate of drug-likeness (QED) is 0.604. The second-order valence-corrected chi connectivity index (χ2v) is 5.60. The first-order chi connectivity index (χ1) is 11.1. The van der Waals surface area contributed by atoms with Gasteiger partial charge in [-0.2, -0.15) is 0 Å². The van der Waals surface area contributed by atoms with Crippen molar-refractivity contribution >= 4 is 27.8 Å². The molecule has 2 aromatic heterocycles. The predicted molar refractivity (Wildman–Crippen MR) is 90.3 cm³/mol. The lowest BCUT2D eigenvalue weighted by atomic mass is 10.1. The summed E-state index contributed by atoms with van der Waals surface area (Å²) in [6.07, 6.45) is 1.64. The maximum Gasteiger partial charge on any atom is 0.337 e. The molecule has 0 aliphatic heterocycles. The lowest BCUT2D eigenvalue weighted by molar-refractivity contribution is 0.0699. The molecule has 0 radical (unpaired) electrons.